The Balaban J connectivity index is 2.02. The van der Waals surface area contributed by atoms with Gasteiger partial charge in [-0.25, -0.2) is 8.42 Å². The molecule has 5 heteroatoms. The molecule has 18 heavy (non-hydrogen) atoms. The van der Waals surface area contributed by atoms with E-state index >= 15 is 0 Å². The summed E-state index contributed by atoms with van der Waals surface area (Å²) in [6, 6.07) is 0.462. The third-order valence-electron chi connectivity index (χ3n) is 4.36. The number of rotatable bonds is 3. The Labute approximate surface area is 111 Å². The SMILES string of the molecule is NCC1(NC2CCCCCC2)CCCS(=O)(=O)C1. The van der Waals surface area contributed by atoms with E-state index in [-0.39, 0.29) is 11.3 Å². The van der Waals surface area contributed by atoms with E-state index in [2.05, 4.69) is 5.32 Å². The van der Waals surface area contributed by atoms with Gasteiger partial charge in [-0.05, 0) is 25.7 Å². The minimum atomic E-state index is -2.90. The molecule has 1 aliphatic heterocycles. The first-order chi connectivity index (χ1) is 8.55. The van der Waals surface area contributed by atoms with Gasteiger partial charge in [0.25, 0.3) is 0 Å². The second-order valence-electron chi connectivity index (χ2n) is 6.01. The van der Waals surface area contributed by atoms with Gasteiger partial charge in [0.1, 0.15) is 0 Å². The van der Waals surface area contributed by atoms with Crippen molar-refractivity contribution < 1.29 is 8.42 Å². The van der Waals surface area contributed by atoms with Crippen molar-refractivity contribution in [3.8, 4) is 0 Å². The van der Waals surface area contributed by atoms with E-state index < -0.39 is 9.84 Å². The minimum Gasteiger partial charge on any atom is -0.329 e. The third kappa shape index (κ3) is 3.68. The first-order valence-electron chi connectivity index (χ1n) is 7.23. The minimum absolute atomic E-state index is 0.229. The van der Waals surface area contributed by atoms with Crippen molar-refractivity contribution >= 4 is 9.84 Å². The summed E-state index contributed by atoms with van der Waals surface area (Å²) in [6.07, 6.45) is 9.12. The summed E-state index contributed by atoms with van der Waals surface area (Å²) in [6.45, 7) is 0.433. The van der Waals surface area contributed by atoms with Gasteiger partial charge in [0.2, 0.25) is 0 Å². The van der Waals surface area contributed by atoms with Crippen LogP contribution in [0, 0.1) is 0 Å². The number of nitrogens with one attached hydrogen (secondary N) is 1. The van der Waals surface area contributed by atoms with E-state index in [4.69, 9.17) is 5.73 Å². The lowest BCUT2D eigenvalue weighted by Gasteiger charge is -2.40. The second kappa shape index (κ2) is 5.88. The highest BCUT2D eigenvalue weighted by atomic mass is 32.2. The monoisotopic (exact) mass is 274 g/mol. The lowest BCUT2D eigenvalue weighted by Crippen LogP contribution is -2.61. The van der Waals surface area contributed by atoms with Crippen LogP contribution in [0.15, 0.2) is 0 Å². The van der Waals surface area contributed by atoms with Crippen LogP contribution in [-0.4, -0.2) is 38.0 Å². The van der Waals surface area contributed by atoms with Crippen LogP contribution >= 0.6 is 0 Å². The molecule has 1 unspecified atom stereocenters. The van der Waals surface area contributed by atoms with Crippen LogP contribution < -0.4 is 11.1 Å². The van der Waals surface area contributed by atoms with E-state index in [0.717, 1.165) is 12.8 Å². The summed E-state index contributed by atoms with van der Waals surface area (Å²) >= 11 is 0. The van der Waals surface area contributed by atoms with E-state index in [9.17, 15) is 8.42 Å². The van der Waals surface area contributed by atoms with E-state index in [1.807, 2.05) is 0 Å². The molecule has 0 aromatic carbocycles. The highest BCUT2D eigenvalue weighted by Gasteiger charge is 2.39. The van der Waals surface area contributed by atoms with Crippen molar-refractivity contribution in [3.05, 3.63) is 0 Å². The van der Waals surface area contributed by atoms with Crippen LogP contribution in [0.3, 0.4) is 0 Å². The average molecular weight is 274 g/mol. The molecule has 0 spiro atoms. The quantitative estimate of drug-likeness (QED) is 0.759. The van der Waals surface area contributed by atoms with Gasteiger partial charge >= 0.3 is 0 Å². The molecule has 1 saturated carbocycles. The summed E-state index contributed by atoms with van der Waals surface area (Å²) in [5.41, 5.74) is 5.53. The van der Waals surface area contributed by atoms with Gasteiger partial charge in [-0.15, -0.1) is 0 Å². The second-order valence-corrected chi connectivity index (χ2v) is 8.20. The Morgan fingerprint density at radius 2 is 1.78 bits per heavy atom. The molecule has 3 N–H and O–H groups in total. The molecule has 2 aliphatic rings. The topological polar surface area (TPSA) is 72.2 Å². The molecule has 0 radical (unpaired) electrons. The molecule has 1 atom stereocenters. The van der Waals surface area contributed by atoms with Crippen LogP contribution in [0.5, 0.6) is 0 Å². The Morgan fingerprint density at radius 3 is 2.33 bits per heavy atom. The van der Waals surface area contributed by atoms with Crippen molar-refractivity contribution in [2.24, 2.45) is 5.73 Å². The van der Waals surface area contributed by atoms with Gasteiger partial charge in [-0.2, -0.15) is 0 Å². The van der Waals surface area contributed by atoms with Crippen LogP contribution in [0.2, 0.25) is 0 Å². The number of hydrogen-bond acceptors (Lipinski definition) is 4. The van der Waals surface area contributed by atoms with Crippen LogP contribution in [-0.2, 0) is 9.84 Å². The van der Waals surface area contributed by atoms with E-state index in [1.54, 1.807) is 0 Å². The van der Waals surface area contributed by atoms with Crippen LogP contribution in [0.4, 0.5) is 0 Å². The van der Waals surface area contributed by atoms with Crippen molar-refractivity contribution in [2.75, 3.05) is 18.1 Å². The zero-order chi connectivity index (χ0) is 13.1. The molecule has 1 aliphatic carbocycles. The van der Waals surface area contributed by atoms with Crippen molar-refractivity contribution in [1.29, 1.82) is 0 Å². The summed E-state index contributed by atoms with van der Waals surface area (Å²) < 4.78 is 23.7. The number of hydrogen-bond donors (Lipinski definition) is 2. The molecule has 0 bridgehead atoms. The Morgan fingerprint density at radius 1 is 1.11 bits per heavy atom. The maximum absolute atomic E-state index is 11.8. The standard InChI is InChI=1S/C13H26N2O2S/c14-10-13(8-5-9-18(16,17)11-13)15-12-6-3-1-2-4-7-12/h12,15H,1-11,14H2. The molecule has 0 aromatic rings. The summed E-state index contributed by atoms with van der Waals surface area (Å²) in [5.74, 6) is 0.564. The largest absolute Gasteiger partial charge is 0.329 e. The molecule has 4 nitrogen and oxygen atoms in total. The third-order valence-corrected chi connectivity index (χ3v) is 6.27. The summed E-state index contributed by atoms with van der Waals surface area (Å²) in [7, 11) is -2.90. The molecule has 2 fully saturated rings. The lowest BCUT2D eigenvalue weighted by atomic mass is 9.93. The van der Waals surface area contributed by atoms with E-state index in [0.29, 0.717) is 18.3 Å². The molecule has 0 amide bonds. The van der Waals surface area contributed by atoms with Gasteiger partial charge in [-0.3, -0.25) is 0 Å². The van der Waals surface area contributed by atoms with Crippen LogP contribution in [0.1, 0.15) is 51.4 Å². The van der Waals surface area contributed by atoms with Gasteiger partial charge < -0.3 is 11.1 Å². The highest BCUT2D eigenvalue weighted by Crippen LogP contribution is 2.26. The maximum Gasteiger partial charge on any atom is 0.152 e. The Bertz CT molecular complexity index is 361. The van der Waals surface area contributed by atoms with Crippen molar-refractivity contribution in [1.82, 2.24) is 5.32 Å². The summed E-state index contributed by atoms with van der Waals surface area (Å²) in [4.78, 5) is 0. The van der Waals surface area contributed by atoms with Gasteiger partial charge in [0, 0.05) is 18.1 Å². The summed E-state index contributed by atoms with van der Waals surface area (Å²) in [5, 5.41) is 3.61. The van der Waals surface area contributed by atoms with E-state index in [1.165, 1.54) is 38.5 Å². The molecule has 1 heterocycles. The first-order valence-corrected chi connectivity index (χ1v) is 9.06. The molecule has 2 rings (SSSR count). The zero-order valence-corrected chi connectivity index (χ0v) is 12.0. The maximum atomic E-state index is 11.8. The van der Waals surface area contributed by atoms with Crippen molar-refractivity contribution in [3.63, 3.8) is 0 Å². The zero-order valence-electron chi connectivity index (χ0n) is 11.2. The molecule has 106 valence electrons. The van der Waals surface area contributed by atoms with Crippen molar-refractivity contribution in [2.45, 2.75) is 62.9 Å². The smallest absolute Gasteiger partial charge is 0.152 e. The molecular formula is C13H26N2O2S. The fourth-order valence-electron chi connectivity index (χ4n) is 3.39. The molecule has 0 aromatic heterocycles. The molecule has 1 saturated heterocycles. The fraction of sp³-hybridized carbons (Fsp3) is 1.00. The number of sulfone groups is 1. The van der Waals surface area contributed by atoms with Gasteiger partial charge in [-0.1, -0.05) is 25.7 Å². The van der Waals surface area contributed by atoms with Crippen LogP contribution in [0.25, 0.3) is 0 Å². The lowest BCUT2D eigenvalue weighted by molar-refractivity contribution is 0.274. The predicted molar refractivity (Wildman–Crippen MR) is 74.3 cm³/mol. The van der Waals surface area contributed by atoms with Gasteiger partial charge in [0.05, 0.1) is 11.5 Å². The number of nitrogens with two attached hydrogens (primary N) is 1. The molecular weight excluding hydrogens is 248 g/mol. The Kier molecular flexibility index (Phi) is 4.67. The predicted octanol–water partition coefficient (Wildman–Crippen LogP) is 1.20. The normalized spacial score (nSPS) is 34.1. The highest BCUT2D eigenvalue weighted by molar-refractivity contribution is 7.91. The van der Waals surface area contributed by atoms with Gasteiger partial charge in [0.15, 0.2) is 9.84 Å². The average Bonchev–Trinajstić information content (AvgIpc) is 2.56. The first kappa shape index (κ1) is 14.3. The Hall–Kier alpha value is -0.130. The fourth-order valence-corrected chi connectivity index (χ4v) is 5.30.